The fourth-order valence-corrected chi connectivity index (χ4v) is 2.71. The Kier molecular flexibility index (Phi) is 6.46. The molecule has 1 aromatic carbocycles. The van der Waals surface area contributed by atoms with Gasteiger partial charge in [0.25, 0.3) is 0 Å². The van der Waals surface area contributed by atoms with E-state index in [2.05, 4.69) is 17.2 Å². The summed E-state index contributed by atoms with van der Waals surface area (Å²) in [5.74, 6) is 0.442. The van der Waals surface area contributed by atoms with Crippen LogP contribution in [0.3, 0.4) is 0 Å². The van der Waals surface area contributed by atoms with Gasteiger partial charge in [0.05, 0.1) is 0 Å². The van der Waals surface area contributed by atoms with E-state index in [9.17, 15) is 9.59 Å². The summed E-state index contributed by atoms with van der Waals surface area (Å²) in [4.78, 5) is 24.9. The maximum atomic E-state index is 12.8. The van der Waals surface area contributed by atoms with Gasteiger partial charge in [0, 0.05) is 5.69 Å². The van der Waals surface area contributed by atoms with Crippen LogP contribution in [0.15, 0.2) is 24.8 Å². The number of hydrogen-bond donors (Lipinski definition) is 2. The van der Waals surface area contributed by atoms with E-state index in [0.29, 0.717) is 18.0 Å². The monoisotopic (exact) mass is 358 g/mol. The second-order valence-electron chi connectivity index (χ2n) is 8.00. The van der Waals surface area contributed by atoms with Crippen LogP contribution in [-0.4, -0.2) is 23.6 Å². The van der Waals surface area contributed by atoms with Gasteiger partial charge in [-0.15, -0.1) is 0 Å². The molecule has 0 spiro atoms. The van der Waals surface area contributed by atoms with Crippen molar-refractivity contribution in [3.8, 4) is 0 Å². The molecule has 0 aliphatic heterocycles. The Morgan fingerprint density at radius 1 is 1.35 bits per heavy atom. The van der Waals surface area contributed by atoms with Crippen LogP contribution in [0.5, 0.6) is 0 Å². The quantitative estimate of drug-likeness (QED) is 0.745. The van der Waals surface area contributed by atoms with E-state index < -0.39 is 17.7 Å². The molecule has 2 rings (SSSR count). The summed E-state index contributed by atoms with van der Waals surface area (Å²) in [6.07, 6.45) is 5.09. The summed E-state index contributed by atoms with van der Waals surface area (Å²) < 4.78 is 5.31. The van der Waals surface area contributed by atoms with Crippen molar-refractivity contribution >= 4 is 23.8 Å². The predicted octanol–water partition coefficient (Wildman–Crippen LogP) is 4.66. The minimum Gasteiger partial charge on any atom is -0.444 e. The van der Waals surface area contributed by atoms with Crippen LogP contribution in [0, 0.1) is 12.8 Å². The van der Waals surface area contributed by atoms with Gasteiger partial charge < -0.3 is 15.4 Å². The van der Waals surface area contributed by atoms with Crippen LogP contribution in [0.25, 0.3) is 6.08 Å². The van der Waals surface area contributed by atoms with Crippen LogP contribution in [0.2, 0.25) is 0 Å². The van der Waals surface area contributed by atoms with E-state index in [-0.39, 0.29) is 5.91 Å². The maximum Gasteiger partial charge on any atom is 0.408 e. The van der Waals surface area contributed by atoms with Crippen molar-refractivity contribution in [2.75, 3.05) is 5.32 Å². The number of hydrogen-bond acceptors (Lipinski definition) is 3. The fourth-order valence-electron chi connectivity index (χ4n) is 2.71. The van der Waals surface area contributed by atoms with Gasteiger partial charge in [0.2, 0.25) is 5.91 Å². The Hall–Kier alpha value is -2.30. The topological polar surface area (TPSA) is 67.4 Å². The Labute approximate surface area is 156 Å². The molecule has 1 aliphatic carbocycles. The number of carbonyl (C=O) groups excluding carboxylic acids is 2. The van der Waals surface area contributed by atoms with Crippen molar-refractivity contribution in [2.45, 2.75) is 65.0 Å². The lowest BCUT2D eigenvalue weighted by Crippen LogP contribution is -2.45. The summed E-state index contributed by atoms with van der Waals surface area (Å²) in [6, 6.07) is 5.13. The van der Waals surface area contributed by atoms with Crippen molar-refractivity contribution in [1.82, 2.24) is 5.32 Å². The molecule has 1 saturated carbocycles. The number of anilines is 1. The zero-order chi connectivity index (χ0) is 19.3. The lowest BCUT2D eigenvalue weighted by atomic mass is 10.1. The van der Waals surface area contributed by atoms with Crippen molar-refractivity contribution in [2.24, 2.45) is 5.92 Å². The normalized spacial score (nSPS) is 15.1. The van der Waals surface area contributed by atoms with Gasteiger partial charge >= 0.3 is 6.09 Å². The van der Waals surface area contributed by atoms with Gasteiger partial charge in [-0.1, -0.05) is 37.1 Å². The molecular weight excluding hydrogens is 328 g/mol. The molecule has 2 amide bonds. The van der Waals surface area contributed by atoms with Crippen molar-refractivity contribution < 1.29 is 14.3 Å². The van der Waals surface area contributed by atoms with E-state index in [1.165, 1.54) is 12.8 Å². The van der Waals surface area contributed by atoms with E-state index in [0.717, 1.165) is 17.5 Å². The molecule has 1 aromatic rings. The smallest absolute Gasteiger partial charge is 0.408 e. The van der Waals surface area contributed by atoms with Crippen LogP contribution in [0.4, 0.5) is 10.5 Å². The average Bonchev–Trinajstić information content (AvgIpc) is 3.35. The molecule has 0 aromatic heterocycles. The minimum absolute atomic E-state index is 0.233. The van der Waals surface area contributed by atoms with E-state index in [1.54, 1.807) is 26.8 Å². The molecule has 5 nitrogen and oxygen atoms in total. The number of amides is 2. The first kappa shape index (κ1) is 20.0. The Balaban J connectivity index is 2.06. The van der Waals surface area contributed by atoms with E-state index in [4.69, 9.17) is 4.74 Å². The molecule has 2 N–H and O–H groups in total. The maximum absolute atomic E-state index is 12.8. The zero-order valence-electron chi connectivity index (χ0n) is 16.2. The first-order chi connectivity index (χ1) is 12.2. The highest BCUT2D eigenvalue weighted by molar-refractivity contribution is 5.98. The number of aryl methyl sites for hydroxylation is 1. The number of benzene rings is 1. The summed E-state index contributed by atoms with van der Waals surface area (Å²) in [6.45, 7) is 11.2. The fraction of sp³-hybridized carbons (Fsp3) is 0.524. The molecule has 0 radical (unpaired) electrons. The number of ether oxygens (including phenoxy) is 1. The third-order valence-electron chi connectivity index (χ3n) is 4.25. The number of alkyl carbamates (subject to hydrolysis) is 1. The number of rotatable bonds is 7. The molecule has 142 valence electrons. The van der Waals surface area contributed by atoms with Crippen LogP contribution >= 0.6 is 0 Å². The van der Waals surface area contributed by atoms with Crippen LogP contribution < -0.4 is 10.6 Å². The number of nitrogens with one attached hydrogen (secondary N) is 2. The molecule has 1 fully saturated rings. The van der Waals surface area contributed by atoms with Crippen LogP contribution in [-0.2, 0) is 9.53 Å². The first-order valence-corrected chi connectivity index (χ1v) is 9.21. The first-order valence-electron chi connectivity index (χ1n) is 9.21. The van der Waals surface area contributed by atoms with Gasteiger partial charge in [0.15, 0.2) is 0 Å². The predicted molar refractivity (Wildman–Crippen MR) is 105 cm³/mol. The highest BCUT2D eigenvalue weighted by Crippen LogP contribution is 2.34. The second kappa shape index (κ2) is 8.39. The van der Waals surface area contributed by atoms with Crippen LogP contribution in [0.1, 0.15) is 57.6 Å². The summed E-state index contributed by atoms with van der Waals surface area (Å²) in [7, 11) is 0. The third-order valence-corrected chi connectivity index (χ3v) is 4.25. The Morgan fingerprint density at radius 2 is 2.04 bits per heavy atom. The lowest BCUT2D eigenvalue weighted by molar-refractivity contribution is -0.118. The Morgan fingerprint density at radius 3 is 2.62 bits per heavy atom. The van der Waals surface area contributed by atoms with Gasteiger partial charge in [-0.05, 0) is 64.2 Å². The molecule has 5 heteroatoms. The standard InChI is InChI=1S/C21H30N2O3/c1-6-16-13-14(2)7-11-17(16)22-19(24)18(12-10-15-8-9-15)23-20(25)26-21(3,4)5/h6-7,11,13,15,18H,1,8-10,12H2,2-5H3,(H,22,24)(H,23,25). The van der Waals surface area contributed by atoms with Crippen molar-refractivity contribution in [1.29, 1.82) is 0 Å². The average molecular weight is 358 g/mol. The summed E-state index contributed by atoms with van der Waals surface area (Å²) in [5, 5.41) is 5.65. The number of carbonyl (C=O) groups is 2. The van der Waals surface area contributed by atoms with Crippen molar-refractivity contribution in [3.63, 3.8) is 0 Å². The highest BCUT2D eigenvalue weighted by atomic mass is 16.6. The second-order valence-corrected chi connectivity index (χ2v) is 8.00. The van der Waals surface area contributed by atoms with Gasteiger partial charge in [-0.2, -0.15) is 0 Å². The molecule has 1 unspecified atom stereocenters. The molecule has 0 heterocycles. The molecular formula is C21H30N2O3. The van der Waals surface area contributed by atoms with E-state index >= 15 is 0 Å². The molecule has 1 atom stereocenters. The Bertz CT molecular complexity index is 672. The lowest BCUT2D eigenvalue weighted by Gasteiger charge is -2.23. The zero-order valence-corrected chi connectivity index (χ0v) is 16.2. The molecule has 1 aliphatic rings. The third kappa shape index (κ3) is 6.54. The highest BCUT2D eigenvalue weighted by Gasteiger charge is 2.28. The van der Waals surface area contributed by atoms with Gasteiger partial charge in [-0.3, -0.25) is 4.79 Å². The van der Waals surface area contributed by atoms with Gasteiger partial charge in [0.1, 0.15) is 11.6 Å². The largest absolute Gasteiger partial charge is 0.444 e. The van der Waals surface area contributed by atoms with E-state index in [1.807, 2.05) is 25.1 Å². The minimum atomic E-state index is -0.621. The van der Waals surface area contributed by atoms with Crippen molar-refractivity contribution in [3.05, 3.63) is 35.9 Å². The SMILES string of the molecule is C=Cc1cc(C)ccc1NC(=O)C(CCC1CC1)NC(=O)OC(C)(C)C. The molecule has 0 saturated heterocycles. The summed E-state index contributed by atoms with van der Waals surface area (Å²) >= 11 is 0. The molecule has 0 bridgehead atoms. The molecule has 26 heavy (non-hydrogen) atoms. The summed E-state index contributed by atoms with van der Waals surface area (Å²) in [5.41, 5.74) is 2.04. The van der Waals surface area contributed by atoms with Gasteiger partial charge in [-0.25, -0.2) is 4.79 Å².